The normalized spacial score (nSPS) is 14.1. The Hall–Kier alpha value is -2.58. The summed E-state index contributed by atoms with van der Waals surface area (Å²) < 4.78 is 40.9. The quantitative estimate of drug-likeness (QED) is 0.484. The number of Topliss-reactive ketones (excluding diaryl/α,β-unsaturated/α-hetero) is 1. The van der Waals surface area contributed by atoms with E-state index in [-0.39, 0.29) is 11.3 Å². The number of hydrogen-bond acceptors (Lipinski definition) is 7. The molecule has 29 heavy (non-hydrogen) atoms. The topological polar surface area (TPSA) is 96.0 Å². The van der Waals surface area contributed by atoms with E-state index < -0.39 is 33.4 Å². The van der Waals surface area contributed by atoms with Gasteiger partial charge in [0.15, 0.2) is 27.4 Å². The number of sulfone groups is 1. The van der Waals surface area contributed by atoms with Crippen molar-refractivity contribution in [3.63, 3.8) is 0 Å². The molecule has 0 aliphatic carbocycles. The molecular formula is C20H19ClO7S. The summed E-state index contributed by atoms with van der Waals surface area (Å²) in [6, 6.07) is 10.5. The first-order chi connectivity index (χ1) is 13.8. The molecule has 1 unspecified atom stereocenters. The molecule has 7 nitrogen and oxygen atoms in total. The van der Waals surface area contributed by atoms with Gasteiger partial charge in [-0.1, -0.05) is 11.6 Å². The van der Waals surface area contributed by atoms with Gasteiger partial charge in [-0.15, -0.1) is 0 Å². The van der Waals surface area contributed by atoms with Gasteiger partial charge in [-0.3, -0.25) is 9.59 Å². The minimum absolute atomic E-state index is 0.0276. The third kappa shape index (κ3) is 5.27. The number of carbonyl (C=O) groups excluding carboxylic acids is 2. The van der Waals surface area contributed by atoms with Gasteiger partial charge in [-0.25, -0.2) is 8.42 Å². The van der Waals surface area contributed by atoms with Crippen molar-refractivity contribution in [1.82, 2.24) is 0 Å². The number of hydrogen-bond donors (Lipinski definition) is 0. The first-order valence-corrected chi connectivity index (χ1v) is 10.9. The number of rotatable bonds is 7. The Kier molecular flexibility index (Phi) is 6.44. The van der Waals surface area contributed by atoms with Gasteiger partial charge in [-0.2, -0.15) is 0 Å². The van der Waals surface area contributed by atoms with Gasteiger partial charge in [0, 0.05) is 16.7 Å². The van der Waals surface area contributed by atoms with E-state index in [1.807, 2.05) is 0 Å². The molecule has 0 saturated heterocycles. The van der Waals surface area contributed by atoms with Crippen molar-refractivity contribution in [3.05, 3.63) is 53.1 Å². The first kappa shape index (κ1) is 21.1. The van der Waals surface area contributed by atoms with Crippen molar-refractivity contribution < 1.29 is 32.2 Å². The number of fused-ring (bicyclic) bond motifs is 1. The van der Waals surface area contributed by atoms with E-state index in [9.17, 15) is 18.0 Å². The van der Waals surface area contributed by atoms with Crippen LogP contribution < -0.4 is 9.47 Å². The van der Waals surface area contributed by atoms with E-state index in [0.29, 0.717) is 35.3 Å². The standard InChI is InChI=1S/C20H19ClO7S/c1-13(20(23)14-2-4-15(21)5-3-14)28-19(22)8-11-29(24,25)16-6-7-17-18(12-16)27-10-9-26-17/h2-7,12-13H,8-11H2,1H3. The molecule has 154 valence electrons. The third-order valence-corrected chi connectivity index (χ3v) is 6.22. The Labute approximate surface area is 173 Å². The summed E-state index contributed by atoms with van der Waals surface area (Å²) in [5.41, 5.74) is 0.346. The van der Waals surface area contributed by atoms with E-state index >= 15 is 0 Å². The predicted octanol–water partition coefficient (Wildman–Crippen LogP) is 3.09. The van der Waals surface area contributed by atoms with Crippen LogP contribution in [0.15, 0.2) is 47.4 Å². The fourth-order valence-corrected chi connectivity index (χ4v) is 4.07. The first-order valence-electron chi connectivity index (χ1n) is 8.88. The van der Waals surface area contributed by atoms with E-state index in [4.69, 9.17) is 25.8 Å². The lowest BCUT2D eigenvalue weighted by atomic mass is 10.1. The second kappa shape index (κ2) is 8.84. The van der Waals surface area contributed by atoms with Crippen LogP contribution in [0.5, 0.6) is 11.5 Å². The summed E-state index contributed by atoms with van der Waals surface area (Å²) in [4.78, 5) is 24.4. The second-order valence-electron chi connectivity index (χ2n) is 6.38. The zero-order valence-electron chi connectivity index (χ0n) is 15.6. The average molecular weight is 439 g/mol. The van der Waals surface area contributed by atoms with Crippen molar-refractivity contribution in [1.29, 1.82) is 0 Å². The highest BCUT2D eigenvalue weighted by Crippen LogP contribution is 2.32. The van der Waals surface area contributed by atoms with E-state index in [2.05, 4.69) is 0 Å². The molecule has 2 aromatic carbocycles. The molecule has 9 heteroatoms. The van der Waals surface area contributed by atoms with E-state index in [1.54, 1.807) is 12.1 Å². The van der Waals surface area contributed by atoms with Crippen LogP contribution in [0.2, 0.25) is 5.02 Å². The van der Waals surface area contributed by atoms with Crippen LogP contribution in [0, 0.1) is 0 Å². The number of ketones is 1. The zero-order valence-corrected chi connectivity index (χ0v) is 17.2. The van der Waals surface area contributed by atoms with Crippen LogP contribution >= 0.6 is 11.6 Å². The summed E-state index contributed by atoms with van der Waals surface area (Å²) in [6.07, 6.45) is -1.42. The van der Waals surface area contributed by atoms with Gasteiger partial charge in [0.1, 0.15) is 13.2 Å². The molecule has 0 N–H and O–H groups in total. The fourth-order valence-electron chi connectivity index (χ4n) is 2.71. The van der Waals surface area contributed by atoms with Crippen molar-refractivity contribution in [2.45, 2.75) is 24.3 Å². The van der Waals surface area contributed by atoms with Crippen LogP contribution in [-0.4, -0.2) is 45.2 Å². The molecule has 0 saturated carbocycles. The molecule has 2 aromatic rings. The van der Waals surface area contributed by atoms with Gasteiger partial charge in [0.2, 0.25) is 5.78 Å². The van der Waals surface area contributed by atoms with Crippen LogP contribution in [0.3, 0.4) is 0 Å². The maximum absolute atomic E-state index is 12.5. The Bertz CT molecular complexity index is 1020. The van der Waals surface area contributed by atoms with Crippen molar-refractivity contribution >= 4 is 33.2 Å². The Morgan fingerprint density at radius 3 is 2.41 bits per heavy atom. The van der Waals surface area contributed by atoms with Gasteiger partial charge in [0.25, 0.3) is 0 Å². The lowest BCUT2D eigenvalue weighted by Gasteiger charge is -2.18. The summed E-state index contributed by atoms with van der Waals surface area (Å²) in [5, 5.41) is 0.482. The highest BCUT2D eigenvalue weighted by atomic mass is 35.5. The summed E-state index contributed by atoms with van der Waals surface area (Å²) in [6.45, 7) is 2.17. The number of carbonyl (C=O) groups is 2. The van der Waals surface area contributed by atoms with E-state index in [1.165, 1.54) is 37.3 Å². The Morgan fingerprint density at radius 1 is 1.07 bits per heavy atom. The highest BCUT2D eigenvalue weighted by molar-refractivity contribution is 7.91. The summed E-state index contributed by atoms with van der Waals surface area (Å²) in [7, 11) is -3.74. The molecule has 0 aromatic heterocycles. The molecule has 0 fully saturated rings. The number of esters is 1. The molecule has 0 spiro atoms. The molecule has 1 aliphatic rings. The zero-order chi connectivity index (χ0) is 21.0. The monoisotopic (exact) mass is 438 g/mol. The largest absolute Gasteiger partial charge is 0.486 e. The highest BCUT2D eigenvalue weighted by Gasteiger charge is 2.23. The van der Waals surface area contributed by atoms with E-state index in [0.717, 1.165) is 0 Å². The molecular weight excluding hydrogens is 420 g/mol. The third-order valence-electron chi connectivity index (χ3n) is 4.25. The molecule has 0 amide bonds. The van der Waals surface area contributed by atoms with Gasteiger partial charge < -0.3 is 14.2 Å². The summed E-state index contributed by atoms with van der Waals surface area (Å²) in [5.74, 6) is -0.801. The Balaban J connectivity index is 1.58. The van der Waals surface area contributed by atoms with Crippen molar-refractivity contribution in [2.24, 2.45) is 0 Å². The molecule has 3 rings (SSSR count). The SMILES string of the molecule is CC(OC(=O)CCS(=O)(=O)c1ccc2c(c1)OCCO2)C(=O)c1ccc(Cl)cc1. The maximum atomic E-state index is 12.5. The minimum atomic E-state index is -3.74. The minimum Gasteiger partial charge on any atom is -0.486 e. The summed E-state index contributed by atoms with van der Waals surface area (Å²) >= 11 is 5.79. The Morgan fingerprint density at radius 2 is 1.72 bits per heavy atom. The second-order valence-corrected chi connectivity index (χ2v) is 8.92. The number of benzene rings is 2. The van der Waals surface area contributed by atoms with Crippen LogP contribution in [0.4, 0.5) is 0 Å². The molecule has 1 heterocycles. The lowest BCUT2D eigenvalue weighted by molar-refractivity contribution is -0.145. The van der Waals surface area contributed by atoms with Crippen molar-refractivity contribution in [3.8, 4) is 11.5 Å². The number of halogens is 1. The molecule has 0 bridgehead atoms. The molecule has 0 radical (unpaired) electrons. The van der Waals surface area contributed by atoms with Crippen LogP contribution in [0.25, 0.3) is 0 Å². The van der Waals surface area contributed by atoms with Gasteiger partial charge >= 0.3 is 5.97 Å². The lowest BCUT2D eigenvalue weighted by Crippen LogP contribution is -2.25. The van der Waals surface area contributed by atoms with Crippen molar-refractivity contribution in [2.75, 3.05) is 19.0 Å². The average Bonchev–Trinajstić information content (AvgIpc) is 2.72. The maximum Gasteiger partial charge on any atom is 0.307 e. The predicted molar refractivity (Wildman–Crippen MR) is 105 cm³/mol. The molecule has 1 aliphatic heterocycles. The fraction of sp³-hybridized carbons (Fsp3) is 0.300. The number of ether oxygens (including phenoxy) is 3. The van der Waals surface area contributed by atoms with Gasteiger partial charge in [-0.05, 0) is 43.3 Å². The van der Waals surface area contributed by atoms with Crippen LogP contribution in [-0.2, 0) is 19.4 Å². The smallest absolute Gasteiger partial charge is 0.307 e. The molecule has 1 atom stereocenters. The van der Waals surface area contributed by atoms with Gasteiger partial charge in [0.05, 0.1) is 17.1 Å². The van der Waals surface area contributed by atoms with Crippen LogP contribution in [0.1, 0.15) is 23.7 Å².